The highest BCUT2D eigenvalue weighted by Gasteiger charge is 2.24. The Labute approximate surface area is 184 Å². The summed E-state index contributed by atoms with van der Waals surface area (Å²) in [6.07, 6.45) is 1.85. The van der Waals surface area contributed by atoms with Crippen LogP contribution in [0.15, 0.2) is 48.5 Å². The molecule has 0 aromatic heterocycles. The number of hydrogen-bond acceptors (Lipinski definition) is 5. The number of hydrogen-bond donors (Lipinski definition) is 0. The zero-order valence-electron chi connectivity index (χ0n) is 19.1. The Bertz CT molecular complexity index is 1000. The first-order chi connectivity index (χ1) is 15.1. The molecule has 5 nitrogen and oxygen atoms in total. The van der Waals surface area contributed by atoms with Crippen LogP contribution >= 0.6 is 0 Å². The third-order valence-electron chi connectivity index (χ3n) is 5.31. The van der Waals surface area contributed by atoms with Crippen molar-refractivity contribution in [3.05, 3.63) is 54.1 Å². The summed E-state index contributed by atoms with van der Waals surface area (Å²) in [5.74, 6) is 3.26. The van der Waals surface area contributed by atoms with Crippen LogP contribution in [0, 0.1) is 0 Å². The molecule has 5 heteroatoms. The summed E-state index contributed by atoms with van der Waals surface area (Å²) in [5, 5.41) is 0. The van der Waals surface area contributed by atoms with Crippen LogP contribution in [-0.2, 0) is 6.42 Å². The van der Waals surface area contributed by atoms with Crippen LogP contribution in [0.5, 0.6) is 28.7 Å². The molecule has 0 radical (unpaired) electrons. The van der Waals surface area contributed by atoms with E-state index in [1.165, 1.54) is 0 Å². The topological polar surface area (TPSA) is 46.2 Å². The third-order valence-corrected chi connectivity index (χ3v) is 5.31. The molecule has 0 atom stereocenters. The lowest BCUT2D eigenvalue weighted by atomic mass is 9.87. The largest absolute Gasteiger partial charge is 0.496 e. The Morgan fingerprint density at radius 1 is 0.581 bits per heavy atom. The SMILES string of the molecule is CCCc1c(OC)cc(OC)c(-c2cc(OC)c(OC)c(OC)c2)c1-c1ccccc1. The van der Waals surface area contributed by atoms with Gasteiger partial charge in [-0.15, -0.1) is 0 Å². The van der Waals surface area contributed by atoms with Crippen LogP contribution in [-0.4, -0.2) is 35.5 Å². The molecule has 3 aromatic carbocycles. The molecule has 0 saturated heterocycles. The van der Waals surface area contributed by atoms with Gasteiger partial charge in [0.25, 0.3) is 0 Å². The summed E-state index contributed by atoms with van der Waals surface area (Å²) in [5.41, 5.74) is 5.17. The second-order valence-corrected chi connectivity index (χ2v) is 7.04. The quantitative estimate of drug-likeness (QED) is 0.422. The van der Waals surface area contributed by atoms with Crippen molar-refractivity contribution in [2.45, 2.75) is 19.8 Å². The minimum atomic E-state index is 0.552. The Morgan fingerprint density at radius 3 is 1.65 bits per heavy atom. The number of benzene rings is 3. The van der Waals surface area contributed by atoms with E-state index in [1.807, 2.05) is 36.4 Å². The van der Waals surface area contributed by atoms with Crippen LogP contribution in [0.2, 0.25) is 0 Å². The van der Waals surface area contributed by atoms with E-state index in [0.717, 1.165) is 46.4 Å². The van der Waals surface area contributed by atoms with Gasteiger partial charge in [-0.2, -0.15) is 0 Å². The molecular formula is C26H30O5. The van der Waals surface area contributed by atoms with Gasteiger partial charge in [-0.05, 0) is 29.7 Å². The van der Waals surface area contributed by atoms with Crippen LogP contribution < -0.4 is 23.7 Å². The highest BCUT2D eigenvalue weighted by molar-refractivity contribution is 5.92. The molecule has 0 N–H and O–H groups in total. The van der Waals surface area contributed by atoms with Gasteiger partial charge in [0, 0.05) is 22.8 Å². The van der Waals surface area contributed by atoms with Gasteiger partial charge in [-0.25, -0.2) is 0 Å². The van der Waals surface area contributed by atoms with Crippen molar-refractivity contribution in [1.82, 2.24) is 0 Å². The zero-order chi connectivity index (χ0) is 22.4. The third kappa shape index (κ3) is 4.26. The maximum Gasteiger partial charge on any atom is 0.203 e. The Kier molecular flexibility index (Phi) is 7.29. The van der Waals surface area contributed by atoms with Gasteiger partial charge in [-0.3, -0.25) is 0 Å². The van der Waals surface area contributed by atoms with E-state index in [2.05, 4.69) is 19.1 Å². The van der Waals surface area contributed by atoms with E-state index in [4.69, 9.17) is 23.7 Å². The highest BCUT2D eigenvalue weighted by atomic mass is 16.5. The van der Waals surface area contributed by atoms with Gasteiger partial charge in [0.1, 0.15) is 11.5 Å². The molecule has 31 heavy (non-hydrogen) atoms. The van der Waals surface area contributed by atoms with E-state index >= 15 is 0 Å². The van der Waals surface area contributed by atoms with Gasteiger partial charge in [-0.1, -0.05) is 43.7 Å². The van der Waals surface area contributed by atoms with Gasteiger partial charge in [0.15, 0.2) is 11.5 Å². The Hall–Kier alpha value is -3.34. The fourth-order valence-corrected chi connectivity index (χ4v) is 3.95. The molecule has 0 amide bonds. The van der Waals surface area contributed by atoms with Gasteiger partial charge >= 0.3 is 0 Å². The second kappa shape index (κ2) is 10.1. The van der Waals surface area contributed by atoms with Crippen molar-refractivity contribution < 1.29 is 23.7 Å². The first-order valence-corrected chi connectivity index (χ1v) is 10.3. The standard InChI is InChI=1S/C26H30O5/c1-7-11-19-20(27-2)16-21(28-3)25(24(19)17-12-9-8-10-13-17)18-14-22(29-4)26(31-6)23(15-18)30-5/h8-10,12-16H,7,11H2,1-6H3. The normalized spacial score (nSPS) is 10.5. The smallest absolute Gasteiger partial charge is 0.203 e. The van der Waals surface area contributed by atoms with Crippen LogP contribution in [0.4, 0.5) is 0 Å². The molecular weight excluding hydrogens is 392 g/mol. The van der Waals surface area contributed by atoms with Gasteiger partial charge in [0.2, 0.25) is 5.75 Å². The molecule has 0 spiro atoms. The van der Waals surface area contributed by atoms with Crippen LogP contribution in [0.3, 0.4) is 0 Å². The Morgan fingerprint density at radius 2 is 1.16 bits per heavy atom. The number of ether oxygens (including phenoxy) is 5. The summed E-state index contributed by atoms with van der Waals surface area (Å²) in [6, 6.07) is 16.2. The monoisotopic (exact) mass is 422 g/mol. The summed E-state index contributed by atoms with van der Waals surface area (Å²) >= 11 is 0. The highest BCUT2D eigenvalue weighted by Crippen LogP contribution is 2.49. The lowest BCUT2D eigenvalue weighted by Gasteiger charge is -2.23. The van der Waals surface area contributed by atoms with Crippen molar-refractivity contribution in [2.24, 2.45) is 0 Å². The van der Waals surface area contributed by atoms with E-state index < -0.39 is 0 Å². The molecule has 0 saturated carbocycles. The molecule has 0 unspecified atom stereocenters. The molecule has 0 heterocycles. The minimum absolute atomic E-state index is 0.552. The molecule has 0 fully saturated rings. The predicted molar refractivity (Wildman–Crippen MR) is 124 cm³/mol. The molecule has 3 rings (SSSR count). The second-order valence-electron chi connectivity index (χ2n) is 7.04. The van der Waals surface area contributed by atoms with E-state index in [9.17, 15) is 0 Å². The molecule has 3 aromatic rings. The van der Waals surface area contributed by atoms with Crippen LogP contribution in [0.1, 0.15) is 18.9 Å². The maximum absolute atomic E-state index is 5.85. The van der Waals surface area contributed by atoms with Crippen molar-refractivity contribution in [2.75, 3.05) is 35.5 Å². The van der Waals surface area contributed by atoms with Crippen LogP contribution in [0.25, 0.3) is 22.3 Å². The summed E-state index contributed by atoms with van der Waals surface area (Å²) in [7, 11) is 8.20. The van der Waals surface area contributed by atoms with Gasteiger partial charge < -0.3 is 23.7 Å². The Balaban J connectivity index is 2.46. The molecule has 0 aliphatic carbocycles. The van der Waals surface area contributed by atoms with Crippen molar-refractivity contribution >= 4 is 0 Å². The lowest BCUT2D eigenvalue weighted by molar-refractivity contribution is 0.324. The lowest BCUT2D eigenvalue weighted by Crippen LogP contribution is -2.02. The average molecular weight is 423 g/mol. The summed E-state index contributed by atoms with van der Waals surface area (Å²) in [4.78, 5) is 0. The molecule has 0 aliphatic heterocycles. The summed E-state index contributed by atoms with van der Waals surface area (Å²) < 4.78 is 28.4. The van der Waals surface area contributed by atoms with Crippen molar-refractivity contribution in [3.63, 3.8) is 0 Å². The van der Waals surface area contributed by atoms with Crippen molar-refractivity contribution in [3.8, 4) is 51.0 Å². The minimum Gasteiger partial charge on any atom is -0.496 e. The van der Waals surface area contributed by atoms with E-state index in [1.54, 1.807) is 35.5 Å². The fourth-order valence-electron chi connectivity index (χ4n) is 3.95. The average Bonchev–Trinajstić information content (AvgIpc) is 2.83. The van der Waals surface area contributed by atoms with E-state index in [0.29, 0.717) is 23.0 Å². The van der Waals surface area contributed by atoms with Crippen molar-refractivity contribution in [1.29, 1.82) is 0 Å². The number of rotatable bonds is 9. The first kappa shape index (κ1) is 22.3. The fraction of sp³-hybridized carbons (Fsp3) is 0.308. The molecule has 0 bridgehead atoms. The zero-order valence-corrected chi connectivity index (χ0v) is 19.1. The molecule has 0 aliphatic rings. The van der Waals surface area contributed by atoms with E-state index in [-0.39, 0.29) is 0 Å². The van der Waals surface area contributed by atoms with Gasteiger partial charge in [0.05, 0.1) is 35.5 Å². The maximum atomic E-state index is 5.85. The predicted octanol–water partition coefficient (Wildman–Crippen LogP) is 6.02. The summed E-state index contributed by atoms with van der Waals surface area (Å²) in [6.45, 7) is 2.16. The number of methoxy groups -OCH3 is 5. The molecule has 164 valence electrons. The first-order valence-electron chi connectivity index (χ1n) is 10.3.